The van der Waals surface area contributed by atoms with Crippen molar-refractivity contribution in [3.05, 3.63) is 12.2 Å². The zero-order chi connectivity index (χ0) is 8.91. The minimum absolute atomic E-state index is 0.284. The maximum atomic E-state index is 3.98. The van der Waals surface area contributed by atoms with Crippen molar-refractivity contribution in [2.75, 3.05) is 6.54 Å². The molecule has 0 rings (SSSR count). The summed E-state index contributed by atoms with van der Waals surface area (Å²) in [6.45, 7) is 13.0. The summed E-state index contributed by atoms with van der Waals surface area (Å²) >= 11 is 0. The molecule has 1 N–H and O–H groups in total. The van der Waals surface area contributed by atoms with Crippen LogP contribution in [0.25, 0.3) is 0 Å². The van der Waals surface area contributed by atoms with Gasteiger partial charge in [-0.1, -0.05) is 27.4 Å². The summed E-state index contributed by atoms with van der Waals surface area (Å²) in [4.78, 5) is 0. The molecule has 0 heterocycles. The van der Waals surface area contributed by atoms with Gasteiger partial charge in [0, 0.05) is 12.8 Å². The van der Waals surface area contributed by atoms with E-state index in [-0.39, 0.29) is 5.41 Å². The van der Waals surface area contributed by atoms with Crippen molar-refractivity contribution in [1.29, 1.82) is 0 Å². The van der Waals surface area contributed by atoms with Crippen LogP contribution < -0.4 is 5.43 Å². The normalized spacial score (nSPS) is 12.0. The molecule has 0 aliphatic heterocycles. The fourth-order valence-electron chi connectivity index (χ4n) is 0.439. The SMILES string of the molecule is C=C(C)C=NNCC(C)(C)C. The second kappa shape index (κ2) is 4.16. The smallest absolute Gasteiger partial charge is 0.0491 e. The number of allylic oxidation sites excluding steroid dienone is 1. The number of rotatable bonds is 3. The Kier molecular flexibility index (Phi) is 3.86. The maximum Gasteiger partial charge on any atom is 0.0491 e. The van der Waals surface area contributed by atoms with Gasteiger partial charge in [0.25, 0.3) is 0 Å². The number of hydrazone groups is 1. The lowest BCUT2D eigenvalue weighted by Crippen LogP contribution is -2.22. The van der Waals surface area contributed by atoms with Gasteiger partial charge in [-0.2, -0.15) is 5.10 Å². The highest BCUT2D eigenvalue weighted by atomic mass is 15.3. The summed E-state index contributed by atoms with van der Waals surface area (Å²) in [6, 6.07) is 0. The standard InChI is InChI=1S/C9H18N2/c1-8(2)6-10-11-7-9(3,4)5/h6,11H,1,7H2,2-5H3. The lowest BCUT2D eigenvalue weighted by Gasteiger charge is -2.16. The van der Waals surface area contributed by atoms with Gasteiger partial charge in [0.2, 0.25) is 0 Å². The summed E-state index contributed by atoms with van der Waals surface area (Å²) in [5, 5.41) is 3.98. The van der Waals surface area contributed by atoms with Crippen LogP contribution >= 0.6 is 0 Å². The lowest BCUT2D eigenvalue weighted by molar-refractivity contribution is 0.386. The van der Waals surface area contributed by atoms with E-state index in [9.17, 15) is 0 Å². The molecular weight excluding hydrogens is 136 g/mol. The zero-order valence-electron chi connectivity index (χ0n) is 7.94. The fraction of sp³-hybridized carbons (Fsp3) is 0.667. The van der Waals surface area contributed by atoms with Crippen LogP contribution in [0.4, 0.5) is 0 Å². The molecule has 0 saturated heterocycles. The van der Waals surface area contributed by atoms with Gasteiger partial charge in [0.15, 0.2) is 0 Å². The van der Waals surface area contributed by atoms with E-state index in [0.717, 1.165) is 12.1 Å². The fourth-order valence-corrected chi connectivity index (χ4v) is 0.439. The first-order valence-corrected chi connectivity index (χ1v) is 3.83. The predicted molar refractivity (Wildman–Crippen MR) is 50.8 cm³/mol. The number of nitrogens with one attached hydrogen (secondary N) is 1. The van der Waals surface area contributed by atoms with Crippen LogP contribution in [0.5, 0.6) is 0 Å². The molecule has 0 unspecified atom stereocenters. The minimum atomic E-state index is 0.284. The zero-order valence-corrected chi connectivity index (χ0v) is 7.94. The molecule has 0 amide bonds. The van der Waals surface area contributed by atoms with Gasteiger partial charge >= 0.3 is 0 Å². The second-order valence-electron chi connectivity index (χ2n) is 4.00. The number of hydrogen-bond acceptors (Lipinski definition) is 2. The Labute approximate surface area is 69.4 Å². The highest BCUT2D eigenvalue weighted by molar-refractivity contribution is 5.76. The molecule has 11 heavy (non-hydrogen) atoms. The molecule has 0 fully saturated rings. The summed E-state index contributed by atoms with van der Waals surface area (Å²) in [5.41, 5.74) is 4.21. The van der Waals surface area contributed by atoms with Crippen molar-refractivity contribution in [2.24, 2.45) is 10.5 Å². The molecule has 64 valence electrons. The van der Waals surface area contributed by atoms with Crippen molar-refractivity contribution in [2.45, 2.75) is 27.7 Å². The second-order valence-corrected chi connectivity index (χ2v) is 4.00. The van der Waals surface area contributed by atoms with E-state index in [1.54, 1.807) is 6.21 Å². The van der Waals surface area contributed by atoms with E-state index in [2.05, 4.69) is 37.9 Å². The van der Waals surface area contributed by atoms with Gasteiger partial charge in [-0.15, -0.1) is 0 Å². The van der Waals surface area contributed by atoms with Gasteiger partial charge in [-0.05, 0) is 17.9 Å². The topological polar surface area (TPSA) is 24.4 Å². The minimum Gasteiger partial charge on any atom is -0.310 e. The van der Waals surface area contributed by atoms with Crippen molar-refractivity contribution < 1.29 is 0 Å². The lowest BCUT2D eigenvalue weighted by atomic mass is 9.98. The van der Waals surface area contributed by atoms with Crippen LogP contribution in [0.3, 0.4) is 0 Å². The van der Waals surface area contributed by atoms with E-state index in [1.165, 1.54) is 0 Å². The van der Waals surface area contributed by atoms with Gasteiger partial charge < -0.3 is 5.43 Å². The summed E-state index contributed by atoms with van der Waals surface area (Å²) in [6.07, 6.45) is 1.73. The largest absolute Gasteiger partial charge is 0.310 e. The Morgan fingerprint density at radius 2 is 2.09 bits per heavy atom. The summed E-state index contributed by atoms with van der Waals surface area (Å²) in [7, 11) is 0. The van der Waals surface area contributed by atoms with Crippen molar-refractivity contribution in [3.8, 4) is 0 Å². The highest BCUT2D eigenvalue weighted by Gasteiger charge is 2.07. The molecule has 0 spiro atoms. The molecule has 0 saturated carbocycles. The average Bonchev–Trinajstić information content (AvgIpc) is 1.78. The first kappa shape index (κ1) is 10.2. The summed E-state index contributed by atoms with van der Waals surface area (Å²) < 4.78 is 0. The monoisotopic (exact) mass is 154 g/mol. The molecule has 0 aliphatic carbocycles. The van der Waals surface area contributed by atoms with E-state index < -0.39 is 0 Å². The van der Waals surface area contributed by atoms with Crippen molar-refractivity contribution in [3.63, 3.8) is 0 Å². The van der Waals surface area contributed by atoms with Crippen LogP contribution in [0.1, 0.15) is 27.7 Å². The molecular formula is C9H18N2. The van der Waals surface area contributed by atoms with Crippen LogP contribution in [0.2, 0.25) is 0 Å². The summed E-state index contributed by atoms with van der Waals surface area (Å²) in [5.74, 6) is 0. The van der Waals surface area contributed by atoms with Crippen molar-refractivity contribution >= 4 is 6.21 Å². The molecule has 0 radical (unpaired) electrons. The Bertz CT molecular complexity index is 151. The van der Waals surface area contributed by atoms with Crippen LogP contribution in [-0.4, -0.2) is 12.8 Å². The van der Waals surface area contributed by atoms with Crippen LogP contribution in [0, 0.1) is 5.41 Å². The average molecular weight is 154 g/mol. The first-order valence-electron chi connectivity index (χ1n) is 3.83. The van der Waals surface area contributed by atoms with E-state index in [4.69, 9.17) is 0 Å². The molecule has 0 aromatic heterocycles. The molecule has 0 bridgehead atoms. The molecule has 2 heteroatoms. The van der Waals surface area contributed by atoms with Crippen LogP contribution in [-0.2, 0) is 0 Å². The number of hydrogen-bond donors (Lipinski definition) is 1. The van der Waals surface area contributed by atoms with Gasteiger partial charge in [0.05, 0.1) is 0 Å². The molecule has 2 nitrogen and oxygen atoms in total. The Morgan fingerprint density at radius 3 is 2.45 bits per heavy atom. The third kappa shape index (κ3) is 9.21. The van der Waals surface area contributed by atoms with E-state index in [1.807, 2.05) is 6.92 Å². The van der Waals surface area contributed by atoms with Gasteiger partial charge in [0.1, 0.15) is 0 Å². The van der Waals surface area contributed by atoms with E-state index in [0.29, 0.717) is 0 Å². The molecule has 0 aromatic rings. The van der Waals surface area contributed by atoms with Gasteiger partial charge in [-0.3, -0.25) is 0 Å². The molecule has 0 atom stereocenters. The van der Waals surface area contributed by atoms with Crippen molar-refractivity contribution in [1.82, 2.24) is 5.43 Å². The predicted octanol–water partition coefficient (Wildman–Crippen LogP) is 2.18. The Balaban J connectivity index is 3.50. The molecule has 0 aromatic carbocycles. The third-order valence-electron chi connectivity index (χ3n) is 0.986. The highest BCUT2D eigenvalue weighted by Crippen LogP contribution is 2.09. The Morgan fingerprint density at radius 1 is 1.55 bits per heavy atom. The maximum absolute atomic E-state index is 3.98. The van der Waals surface area contributed by atoms with E-state index >= 15 is 0 Å². The van der Waals surface area contributed by atoms with Gasteiger partial charge in [-0.25, -0.2) is 0 Å². The Hall–Kier alpha value is -0.790. The number of nitrogens with zero attached hydrogens (tertiary/aromatic N) is 1. The van der Waals surface area contributed by atoms with Crippen LogP contribution in [0.15, 0.2) is 17.3 Å². The first-order chi connectivity index (χ1) is 4.92. The third-order valence-corrected chi connectivity index (χ3v) is 0.986. The quantitative estimate of drug-likeness (QED) is 0.489. The molecule has 0 aliphatic rings.